The predicted molar refractivity (Wildman–Crippen MR) is 89.5 cm³/mol. The number of ether oxygens (including phenoxy) is 1. The summed E-state index contributed by atoms with van der Waals surface area (Å²) in [6.07, 6.45) is 0. The molecule has 1 heterocycles. The first-order chi connectivity index (χ1) is 11.1. The number of fused-ring (bicyclic) bond motifs is 1. The molecule has 1 amide bonds. The predicted octanol–water partition coefficient (Wildman–Crippen LogP) is 4.57. The number of rotatable bonds is 3. The number of aromatic nitrogens is 1. The van der Waals surface area contributed by atoms with Gasteiger partial charge in [0.1, 0.15) is 5.75 Å². The maximum atomic E-state index is 12.1. The summed E-state index contributed by atoms with van der Waals surface area (Å²) >= 11 is 3.32. The lowest BCUT2D eigenvalue weighted by Crippen LogP contribution is -1.94. The van der Waals surface area contributed by atoms with Crippen LogP contribution in [0.1, 0.15) is 10.4 Å². The van der Waals surface area contributed by atoms with Crippen molar-refractivity contribution in [1.29, 1.82) is 0 Å². The van der Waals surface area contributed by atoms with E-state index in [1.54, 1.807) is 37.4 Å². The van der Waals surface area contributed by atoms with Gasteiger partial charge in [0.05, 0.1) is 17.1 Å². The van der Waals surface area contributed by atoms with E-state index >= 15 is 0 Å². The molecule has 0 aliphatic carbocycles. The van der Waals surface area contributed by atoms with E-state index < -0.39 is 5.91 Å². The molecule has 0 atom stereocenters. The van der Waals surface area contributed by atoms with E-state index in [1.807, 2.05) is 12.1 Å². The molecule has 7 heteroatoms. The zero-order valence-electron chi connectivity index (χ0n) is 12.1. The smallest absolute Gasteiger partial charge is 0.295 e. The van der Waals surface area contributed by atoms with Crippen molar-refractivity contribution in [2.45, 2.75) is 0 Å². The van der Waals surface area contributed by atoms with Gasteiger partial charge in [0, 0.05) is 10.9 Å². The van der Waals surface area contributed by atoms with E-state index in [-0.39, 0.29) is 11.6 Å². The van der Waals surface area contributed by atoms with Crippen molar-refractivity contribution in [2.24, 2.45) is 10.2 Å². The number of hydrogen-bond acceptors (Lipinski definition) is 4. The quantitative estimate of drug-likeness (QED) is 0.659. The Labute approximate surface area is 139 Å². The molecule has 2 aromatic carbocycles. The molecule has 0 unspecified atom stereocenters. The van der Waals surface area contributed by atoms with Crippen LogP contribution in [0.3, 0.4) is 0 Å². The third-order valence-corrected chi connectivity index (χ3v) is 3.92. The Kier molecular flexibility index (Phi) is 4.12. The molecule has 0 spiro atoms. The molecule has 0 saturated carbocycles. The number of nitrogens with one attached hydrogen (secondary N) is 1. The lowest BCUT2D eigenvalue weighted by molar-refractivity contribution is 0.0995. The lowest BCUT2D eigenvalue weighted by Gasteiger charge is -2.03. The van der Waals surface area contributed by atoms with E-state index in [0.717, 1.165) is 5.52 Å². The molecule has 0 radical (unpaired) electrons. The van der Waals surface area contributed by atoms with Gasteiger partial charge in [-0.2, -0.15) is 0 Å². The van der Waals surface area contributed by atoms with E-state index in [1.165, 1.54) is 0 Å². The lowest BCUT2D eigenvalue weighted by atomic mass is 10.2. The molecule has 0 saturated heterocycles. The van der Waals surface area contributed by atoms with Crippen molar-refractivity contribution in [1.82, 2.24) is 4.98 Å². The van der Waals surface area contributed by atoms with E-state index in [4.69, 9.17) is 4.74 Å². The maximum Gasteiger partial charge on any atom is 0.295 e. The zero-order valence-corrected chi connectivity index (χ0v) is 13.7. The van der Waals surface area contributed by atoms with Crippen molar-refractivity contribution in [3.8, 4) is 11.6 Å². The highest BCUT2D eigenvalue weighted by Gasteiger charge is 2.12. The maximum absolute atomic E-state index is 12.1. The summed E-state index contributed by atoms with van der Waals surface area (Å²) in [4.78, 5) is 14.9. The summed E-state index contributed by atoms with van der Waals surface area (Å²) in [5.41, 5.74) is 1.32. The molecule has 0 aliphatic rings. The first-order valence-electron chi connectivity index (χ1n) is 6.69. The molecule has 2 N–H and O–H groups in total. The molecule has 0 bridgehead atoms. The Hall–Kier alpha value is -2.67. The van der Waals surface area contributed by atoms with Crippen LogP contribution in [-0.4, -0.2) is 23.1 Å². The van der Waals surface area contributed by atoms with Crippen LogP contribution in [0.5, 0.6) is 11.6 Å². The minimum absolute atomic E-state index is 0.126. The minimum atomic E-state index is -0.516. The highest BCUT2D eigenvalue weighted by atomic mass is 79.9. The molecule has 0 fully saturated rings. The number of hydrogen-bond donors (Lipinski definition) is 2. The Morgan fingerprint density at radius 3 is 2.78 bits per heavy atom. The van der Waals surface area contributed by atoms with Crippen molar-refractivity contribution < 1.29 is 14.6 Å². The standard InChI is InChI=1S/C16H12BrN3O3/c1-23-13-7-6-9(8-11(13)17)15(21)20-19-14-10-4-2-3-5-12(10)18-16(14)22/h2-8,18,22H,1H3. The van der Waals surface area contributed by atoms with Crippen molar-refractivity contribution in [2.75, 3.05) is 7.11 Å². The molecule has 0 aliphatic heterocycles. The summed E-state index contributed by atoms with van der Waals surface area (Å²) in [6.45, 7) is 0. The number of aromatic amines is 1. The number of aromatic hydroxyl groups is 1. The summed E-state index contributed by atoms with van der Waals surface area (Å²) in [6, 6.07) is 12.1. The second-order valence-electron chi connectivity index (χ2n) is 4.72. The number of H-pyrrole nitrogens is 1. The van der Waals surface area contributed by atoms with E-state index in [0.29, 0.717) is 21.2 Å². The first kappa shape index (κ1) is 15.2. The Bertz CT molecular complexity index is 918. The second kappa shape index (κ2) is 6.21. The number of benzene rings is 2. The largest absolute Gasteiger partial charge is 0.496 e. The van der Waals surface area contributed by atoms with E-state index in [9.17, 15) is 9.90 Å². The molecule has 116 valence electrons. The topological polar surface area (TPSA) is 87.0 Å². The first-order valence-corrected chi connectivity index (χ1v) is 7.48. The molecular weight excluding hydrogens is 362 g/mol. The van der Waals surface area contributed by atoms with Crippen molar-refractivity contribution in [3.05, 3.63) is 52.5 Å². The van der Waals surface area contributed by atoms with Crippen molar-refractivity contribution >= 4 is 38.4 Å². The third-order valence-electron chi connectivity index (χ3n) is 3.30. The van der Waals surface area contributed by atoms with E-state index in [2.05, 4.69) is 31.1 Å². The molecule has 1 aromatic heterocycles. The van der Waals surface area contributed by atoms with Gasteiger partial charge in [-0.25, -0.2) is 0 Å². The monoisotopic (exact) mass is 373 g/mol. The SMILES string of the molecule is COc1ccc(C(=O)N=Nc2c(O)[nH]c3ccccc23)cc1Br. The number of nitrogens with zero attached hydrogens (tertiary/aromatic N) is 2. The van der Waals surface area contributed by atoms with Gasteiger partial charge in [-0.05, 0) is 40.2 Å². The molecule has 6 nitrogen and oxygen atoms in total. The number of carbonyl (C=O) groups is 1. The summed E-state index contributed by atoms with van der Waals surface area (Å²) in [5, 5.41) is 18.2. The van der Waals surface area contributed by atoms with Gasteiger partial charge in [0.2, 0.25) is 5.88 Å². The highest BCUT2D eigenvalue weighted by Crippen LogP contribution is 2.35. The van der Waals surface area contributed by atoms with Crippen LogP contribution in [0, 0.1) is 0 Å². The summed E-state index contributed by atoms with van der Waals surface area (Å²) in [7, 11) is 1.54. The molecule has 3 rings (SSSR count). The van der Waals surface area contributed by atoms with Gasteiger partial charge in [-0.3, -0.25) is 4.79 Å². The van der Waals surface area contributed by atoms with Gasteiger partial charge in [-0.1, -0.05) is 18.2 Å². The van der Waals surface area contributed by atoms with Crippen LogP contribution in [-0.2, 0) is 0 Å². The van der Waals surface area contributed by atoms with Gasteiger partial charge in [0.25, 0.3) is 5.91 Å². The van der Waals surface area contributed by atoms with Gasteiger partial charge < -0.3 is 14.8 Å². The van der Waals surface area contributed by atoms with Gasteiger partial charge >= 0.3 is 0 Å². The Morgan fingerprint density at radius 2 is 2.04 bits per heavy atom. The number of amides is 1. The van der Waals surface area contributed by atoms with Gasteiger partial charge in [0.15, 0.2) is 5.69 Å². The minimum Gasteiger partial charge on any atom is -0.496 e. The van der Waals surface area contributed by atoms with Crippen LogP contribution in [0.15, 0.2) is 57.2 Å². The van der Waals surface area contributed by atoms with Crippen LogP contribution in [0.25, 0.3) is 10.9 Å². The number of methoxy groups -OCH3 is 1. The normalized spacial score (nSPS) is 11.2. The fourth-order valence-electron chi connectivity index (χ4n) is 2.17. The van der Waals surface area contributed by atoms with Crippen LogP contribution in [0.4, 0.5) is 5.69 Å². The number of azo groups is 1. The highest BCUT2D eigenvalue weighted by molar-refractivity contribution is 9.10. The van der Waals surface area contributed by atoms with Gasteiger partial charge in [-0.15, -0.1) is 10.2 Å². The second-order valence-corrected chi connectivity index (χ2v) is 5.58. The molecular formula is C16H12BrN3O3. The fourth-order valence-corrected chi connectivity index (χ4v) is 2.71. The average Bonchev–Trinajstić information content (AvgIpc) is 2.87. The summed E-state index contributed by atoms with van der Waals surface area (Å²) in [5.74, 6) is -0.0237. The number of carbonyl (C=O) groups excluding carboxylic acids is 1. The number of para-hydroxylation sites is 1. The third kappa shape index (κ3) is 2.95. The zero-order chi connectivity index (χ0) is 16.4. The Balaban J connectivity index is 1.91. The number of halogens is 1. The fraction of sp³-hybridized carbons (Fsp3) is 0.0625. The van der Waals surface area contributed by atoms with Crippen LogP contribution < -0.4 is 4.74 Å². The average molecular weight is 374 g/mol. The molecule has 23 heavy (non-hydrogen) atoms. The molecule has 3 aromatic rings. The van der Waals surface area contributed by atoms with Crippen LogP contribution >= 0.6 is 15.9 Å². The summed E-state index contributed by atoms with van der Waals surface area (Å²) < 4.78 is 5.76. The van der Waals surface area contributed by atoms with Crippen LogP contribution in [0.2, 0.25) is 0 Å². The van der Waals surface area contributed by atoms with Crippen molar-refractivity contribution in [3.63, 3.8) is 0 Å². The Morgan fingerprint density at radius 1 is 1.26 bits per heavy atom.